The van der Waals surface area contributed by atoms with Crippen molar-refractivity contribution in [2.24, 2.45) is 5.41 Å². The number of tetrazole rings is 1. The Kier molecular flexibility index (Phi) is 5.41. The van der Waals surface area contributed by atoms with Gasteiger partial charge >= 0.3 is 0 Å². The lowest BCUT2D eigenvalue weighted by molar-refractivity contribution is 0.190. The molecule has 1 unspecified atom stereocenters. The molecule has 0 saturated carbocycles. The van der Waals surface area contributed by atoms with Crippen LogP contribution >= 0.6 is 0 Å². The Morgan fingerprint density at radius 2 is 1.43 bits per heavy atom. The molecule has 0 aliphatic carbocycles. The number of rotatable bonds is 6. The van der Waals surface area contributed by atoms with E-state index < -0.39 is 0 Å². The van der Waals surface area contributed by atoms with Crippen LogP contribution in [-0.4, -0.2) is 20.2 Å². The third-order valence-electron chi connectivity index (χ3n) is 7.22. The van der Waals surface area contributed by atoms with E-state index in [0.29, 0.717) is 0 Å². The van der Waals surface area contributed by atoms with Gasteiger partial charge in [0.2, 0.25) is 0 Å². The van der Waals surface area contributed by atoms with E-state index in [2.05, 4.69) is 134 Å². The maximum Gasteiger partial charge on any atom is 0.178 e. The Hall–Kier alpha value is -3.99. The van der Waals surface area contributed by atoms with E-state index in [1.54, 1.807) is 0 Å². The van der Waals surface area contributed by atoms with Crippen molar-refractivity contribution < 1.29 is 0 Å². The van der Waals surface area contributed by atoms with E-state index in [1.807, 2.05) is 10.7 Å². The van der Waals surface area contributed by atoms with Gasteiger partial charge in [0.1, 0.15) is 6.04 Å². The molecule has 0 saturated heterocycles. The molecule has 5 nitrogen and oxygen atoms in total. The molecular formula is C32H33N5. The van der Waals surface area contributed by atoms with Crippen LogP contribution in [-0.2, 0) is 5.54 Å². The van der Waals surface area contributed by atoms with Crippen LogP contribution in [0.15, 0.2) is 84.9 Å². The minimum absolute atomic E-state index is 0.124. The highest BCUT2D eigenvalue weighted by atomic mass is 15.6. The lowest BCUT2D eigenvalue weighted by Crippen LogP contribution is -2.35. The zero-order valence-corrected chi connectivity index (χ0v) is 22.2. The van der Waals surface area contributed by atoms with Crippen molar-refractivity contribution >= 4 is 38.0 Å². The smallest absolute Gasteiger partial charge is 0.178 e. The molecule has 0 bridgehead atoms. The third-order valence-corrected chi connectivity index (χ3v) is 7.22. The van der Waals surface area contributed by atoms with Crippen LogP contribution in [0.3, 0.4) is 0 Å². The number of nitrogens with one attached hydrogen (secondary N) is 1. The fourth-order valence-corrected chi connectivity index (χ4v) is 6.19. The van der Waals surface area contributed by atoms with Gasteiger partial charge in [0.25, 0.3) is 0 Å². The van der Waals surface area contributed by atoms with Gasteiger partial charge in [-0.1, -0.05) is 87.5 Å². The largest absolute Gasteiger partial charge is 0.371 e. The van der Waals surface area contributed by atoms with Crippen LogP contribution in [0.1, 0.15) is 58.5 Å². The highest BCUT2D eigenvalue weighted by Gasteiger charge is 2.34. The van der Waals surface area contributed by atoms with Gasteiger partial charge in [0.15, 0.2) is 5.82 Å². The molecule has 5 heteroatoms. The van der Waals surface area contributed by atoms with Crippen LogP contribution in [0.25, 0.3) is 32.3 Å². The number of hydrogen-bond donors (Lipinski definition) is 1. The molecule has 1 heterocycles. The number of hydrogen-bond acceptors (Lipinski definition) is 4. The average molecular weight is 488 g/mol. The SMILES string of the molecule is CC(C)(C)CC(C)(C)n1nnnc1C(Nc1ccccc1)c1cc2cccc3ccc4cccc1c4c32. The van der Waals surface area contributed by atoms with Crippen molar-refractivity contribution in [1.82, 2.24) is 20.2 Å². The van der Waals surface area contributed by atoms with E-state index in [9.17, 15) is 0 Å². The van der Waals surface area contributed by atoms with Crippen molar-refractivity contribution in [3.8, 4) is 0 Å². The molecule has 186 valence electrons. The summed E-state index contributed by atoms with van der Waals surface area (Å²) in [5, 5.41) is 24.8. The fraction of sp³-hybridized carbons (Fsp3) is 0.281. The molecule has 6 rings (SSSR count). The Morgan fingerprint density at radius 1 is 0.757 bits per heavy atom. The predicted molar refractivity (Wildman–Crippen MR) is 153 cm³/mol. The van der Waals surface area contributed by atoms with E-state index in [-0.39, 0.29) is 17.0 Å². The Bertz CT molecular complexity index is 1690. The summed E-state index contributed by atoms with van der Waals surface area (Å²) in [6, 6.07) is 30.0. The summed E-state index contributed by atoms with van der Waals surface area (Å²) in [5.41, 5.74) is 2.05. The lowest BCUT2D eigenvalue weighted by atomic mass is 9.81. The van der Waals surface area contributed by atoms with Gasteiger partial charge in [0.05, 0.1) is 5.54 Å². The van der Waals surface area contributed by atoms with Gasteiger partial charge in [-0.2, -0.15) is 0 Å². The molecule has 0 amide bonds. The van der Waals surface area contributed by atoms with Crippen molar-refractivity contribution in [2.75, 3.05) is 5.32 Å². The quantitative estimate of drug-likeness (QED) is 0.242. The molecule has 0 spiro atoms. The van der Waals surface area contributed by atoms with E-state index in [0.717, 1.165) is 17.9 Å². The van der Waals surface area contributed by atoms with Crippen LogP contribution in [0, 0.1) is 5.41 Å². The highest BCUT2D eigenvalue weighted by molar-refractivity contribution is 6.23. The number of para-hydroxylation sites is 1. The van der Waals surface area contributed by atoms with Gasteiger partial charge in [-0.25, -0.2) is 4.68 Å². The van der Waals surface area contributed by atoms with E-state index in [4.69, 9.17) is 0 Å². The minimum Gasteiger partial charge on any atom is -0.371 e. The summed E-state index contributed by atoms with van der Waals surface area (Å²) in [6.07, 6.45) is 0.937. The molecule has 0 fully saturated rings. The first kappa shape index (κ1) is 23.4. The molecule has 0 aliphatic heterocycles. The van der Waals surface area contributed by atoms with E-state index >= 15 is 0 Å². The maximum atomic E-state index is 4.65. The maximum absolute atomic E-state index is 4.65. The van der Waals surface area contributed by atoms with Crippen molar-refractivity contribution in [3.63, 3.8) is 0 Å². The first-order valence-electron chi connectivity index (χ1n) is 13.0. The van der Waals surface area contributed by atoms with Crippen LogP contribution in [0.4, 0.5) is 5.69 Å². The minimum atomic E-state index is -0.271. The first-order valence-corrected chi connectivity index (χ1v) is 13.0. The second kappa shape index (κ2) is 8.55. The van der Waals surface area contributed by atoms with Crippen LogP contribution < -0.4 is 5.32 Å². The van der Waals surface area contributed by atoms with Crippen LogP contribution in [0.2, 0.25) is 0 Å². The molecule has 1 atom stereocenters. The average Bonchev–Trinajstić information content (AvgIpc) is 3.36. The zero-order chi connectivity index (χ0) is 25.8. The van der Waals surface area contributed by atoms with Crippen molar-refractivity contribution in [3.05, 3.63) is 96.3 Å². The van der Waals surface area contributed by atoms with Gasteiger partial charge in [-0.3, -0.25) is 0 Å². The second-order valence-electron chi connectivity index (χ2n) is 12.0. The predicted octanol–water partition coefficient (Wildman–Crippen LogP) is 7.94. The summed E-state index contributed by atoms with van der Waals surface area (Å²) in [7, 11) is 0. The Balaban J connectivity index is 1.62. The number of aromatic nitrogens is 4. The highest BCUT2D eigenvalue weighted by Crippen LogP contribution is 2.41. The summed E-state index contributed by atoms with van der Waals surface area (Å²) in [6.45, 7) is 11.2. The van der Waals surface area contributed by atoms with E-state index in [1.165, 1.54) is 37.9 Å². The summed E-state index contributed by atoms with van der Waals surface area (Å²) < 4.78 is 2.03. The monoisotopic (exact) mass is 487 g/mol. The number of benzene rings is 5. The van der Waals surface area contributed by atoms with Crippen molar-refractivity contribution in [2.45, 2.75) is 52.6 Å². The second-order valence-corrected chi connectivity index (χ2v) is 12.0. The standard InChI is InChI=1S/C32H33N5/c1-31(2,3)20-32(4,5)37-30(34-35-36-37)29(33-24-14-7-6-8-15-24)26-19-23-13-9-11-21-17-18-22-12-10-16-25(26)28(22)27(21)23/h6-19,29,33H,20H2,1-5H3. The third kappa shape index (κ3) is 4.18. The van der Waals surface area contributed by atoms with Gasteiger partial charge in [0, 0.05) is 5.69 Å². The summed E-state index contributed by atoms with van der Waals surface area (Å²) in [5.74, 6) is 0.813. The topological polar surface area (TPSA) is 55.6 Å². The van der Waals surface area contributed by atoms with Gasteiger partial charge in [-0.15, -0.1) is 5.10 Å². The fourth-order valence-electron chi connectivity index (χ4n) is 6.19. The van der Waals surface area contributed by atoms with Crippen LogP contribution in [0.5, 0.6) is 0 Å². The zero-order valence-electron chi connectivity index (χ0n) is 22.2. The normalized spacial score (nSPS) is 13.5. The summed E-state index contributed by atoms with van der Waals surface area (Å²) >= 11 is 0. The lowest BCUT2D eigenvalue weighted by Gasteiger charge is -2.34. The molecule has 0 radical (unpaired) electrons. The number of anilines is 1. The van der Waals surface area contributed by atoms with Crippen molar-refractivity contribution in [1.29, 1.82) is 0 Å². The first-order chi connectivity index (χ1) is 17.7. The molecular weight excluding hydrogens is 454 g/mol. The van der Waals surface area contributed by atoms with Gasteiger partial charge < -0.3 is 5.32 Å². The Labute approximate surface area is 217 Å². The van der Waals surface area contributed by atoms with Gasteiger partial charge in [-0.05, 0) is 92.2 Å². The molecule has 0 aliphatic rings. The molecule has 37 heavy (non-hydrogen) atoms. The molecule has 6 aromatic rings. The molecule has 1 N–H and O–H groups in total. The Morgan fingerprint density at radius 3 is 2.16 bits per heavy atom. The molecule has 1 aromatic heterocycles. The number of nitrogens with zero attached hydrogens (tertiary/aromatic N) is 4. The molecule has 5 aromatic carbocycles. The summed E-state index contributed by atoms with van der Waals surface area (Å²) in [4.78, 5) is 0.